The van der Waals surface area contributed by atoms with Gasteiger partial charge in [0.25, 0.3) is 0 Å². The number of rotatable bonds is 2. The van der Waals surface area contributed by atoms with Gasteiger partial charge in [0.2, 0.25) is 0 Å². The van der Waals surface area contributed by atoms with E-state index in [1.165, 1.54) is 6.92 Å². The minimum absolute atomic E-state index is 0.168. The summed E-state index contributed by atoms with van der Waals surface area (Å²) in [5, 5.41) is 0. The van der Waals surface area contributed by atoms with Crippen molar-refractivity contribution in [3.05, 3.63) is 0 Å². The van der Waals surface area contributed by atoms with E-state index in [2.05, 4.69) is 31.1 Å². The maximum absolute atomic E-state index is 11.0. The van der Waals surface area contributed by atoms with Crippen molar-refractivity contribution in [1.82, 2.24) is 0 Å². The van der Waals surface area contributed by atoms with Crippen LogP contribution in [0.15, 0.2) is 0 Å². The van der Waals surface area contributed by atoms with Gasteiger partial charge in [-0.2, -0.15) is 0 Å². The van der Waals surface area contributed by atoms with Crippen molar-refractivity contribution < 1.29 is 23.7 Å². The Morgan fingerprint density at radius 3 is 2.43 bits per heavy atom. The summed E-state index contributed by atoms with van der Waals surface area (Å²) in [6, 6.07) is 0. The van der Waals surface area contributed by atoms with Crippen LogP contribution in [0.4, 0.5) is 0 Å². The van der Waals surface area contributed by atoms with Gasteiger partial charge in [0.1, 0.15) is 39.1 Å². The Morgan fingerprint density at radius 1 is 1.24 bits per heavy atom. The number of esters is 1. The Bertz CT molecular complexity index is 471. The lowest BCUT2D eigenvalue weighted by Crippen LogP contribution is -2.33. The largest absolute Gasteiger partial charge is 0.463 e. The summed E-state index contributed by atoms with van der Waals surface area (Å²) in [4.78, 5) is 11.0. The lowest BCUT2D eigenvalue weighted by molar-refractivity contribution is -0.187. The summed E-state index contributed by atoms with van der Waals surface area (Å²) in [5.74, 6) is 2.20. The van der Waals surface area contributed by atoms with Crippen molar-refractivity contribution in [1.29, 1.82) is 0 Å². The van der Waals surface area contributed by atoms with Crippen LogP contribution in [0.5, 0.6) is 0 Å². The van der Waals surface area contributed by atoms with Gasteiger partial charge < -0.3 is 18.9 Å². The number of hydrogen-bond acceptors (Lipinski definition) is 5. The summed E-state index contributed by atoms with van der Waals surface area (Å²) >= 11 is 0. The van der Waals surface area contributed by atoms with Crippen molar-refractivity contribution in [3.8, 4) is 11.5 Å². The standard InChI is InChI=1S/C15H24O5Si/c1-10(16)17-9-12-14-13(19-15(2,3)20-14)11(18-12)7-8-21(4,5)6/h11-14H,9H2,1-6H3/t11-,12+,13-,14+/m0/s1. The number of hydrogen-bond donors (Lipinski definition) is 0. The molecule has 21 heavy (non-hydrogen) atoms. The monoisotopic (exact) mass is 312 g/mol. The molecule has 0 N–H and O–H groups in total. The first kappa shape index (κ1) is 16.5. The van der Waals surface area contributed by atoms with Crippen molar-refractivity contribution in [2.45, 2.75) is 70.6 Å². The Kier molecular flexibility index (Phi) is 4.50. The molecule has 5 nitrogen and oxygen atoms in total. The maximum Gasteiger partial charge on any atom is 0.302 e. The molecule has 2 fully saturated rings. The van der Waals surface area contributed by atoms with E-state index in [-0.39, 0.29) is 37.0 Å². The van der Waals surface area contributed by atoms with Gasteiger partial charge >= 0.3 is 5.97 Å². The van der Waals surface area contributed by atoms with E-state index in [1.54, 1.807) is 0 Å². The second kappa shape index (κ2) is 5.73. The van der Waals surface area contributed by atoms with E-state index in [9.17, 15) is 4.79 Å². The molecule has 0 aromatic heterocycles. The molecule has 118 valence electrons. The fourth-order valence-electron chi connectivity index (χ4n) is 2.42. The molecule has 2 heterocycles. The highest BCUT2D eigenvalue weighted by Crippen LogP contribution is 2.38. The third kappa shape index (κ3) is 4.30. The third-order valence-electron chi connectivity index (χ3n) is 3.19. The summed E-state index contributed by atoms with van der Waals surface area (Å²) in [6.45, 7) is 11.8. The molecule has 2 saturated heterocycles. The molecule has 0 unspecified atom stereocenters. The van der Waals surface area contributed by atoms with Gasteiger partial charge in [0.05, 0.1) is 0 Å². The number of carbonyl (C=O) groups is 1. The molecule has 0 saturated carbocycles. The molecular formula is C15H24O5Si. The Hall–Kier alpha value is -0.873. The van der Waals surface area contributed by atoms with Gasteiger partial charge in [-0.15, -0.1) is 5.54 Å². The van der Waals surface area contributed by atoms with Crippen LogP contribution in [0.3, 0.4) is 0 Å². The average molecular weight is 312 g/mol. The van der Waals surface area contributed by atoms with Gasteiger partial charge in [-0.25, -0.2) is 0 Å². The molecule has 4 atom stereocenters. The second-order valence-electron chi connectivity index (χ2n) is 6.98. The Balaban J connectivity index is 2.12. The van der Waals surface area contributed by atoms with E-state index in [1.807, 2.05) is 13.8 Å². The average Bonchev–Trinajstić information content (AvgIpc) is 2.77. The van der Waals surface area contributed by atoms with Gasteiger partial charge in [0.15, 0.2) is 5.79 Å². The molecule has 2 rings (SSSR count). The molecule has 0 aliphatic carbocycles. The first-order valence-corrected chi connectivity index (χ1v) is 10.7. The molecular weight excluding hydrogens is 288 g/mol. The van der Waals surface area contributed by atoms with Crippen molar-refractivity contribution in [2.75, 3.05) is 6.61 Å². The summed E-state index contributed by atoms with van der Waals surface area (Å²) in [5.41, 5.74) is 3.31. The van der Waals surface area contributed by atoms with E-state index < -0.39 is 13.9 Å². The Labute approximate surface area is 127 Å². The van der Waals surface area contributed by atoms with Crippen LogP contribution in [-0.2, 0) is 23.7 Å². The topological polar surface area (TPSA) is 54.0 Å². The van der Waals surface area contributed by atoms with Crippen LogP contribution >= 0.6 is 0 Å². The van der Waals surface area contributed by atoms with Crippen LogP contribution in [0, 0.1) is 11.5 Å². The maximum atomic E-state index is 11.0. The lowest BCUT2D eigenvalue weighted by atomic mass is 10.1. The molecule has 0 radical (unpaired) electrons. The minimum Gasteiger partial charge on any atom is -0.463 e. The number of ether oxygens (including phenoxy) is 4. The minimum atomic E-state index is -1.49. The van der Waals surface area contributed by atoms with Gasteiger partial charge in [0, 0.05) is 6.92 Å². The molecule has 6 heteroatoms. The predicted octanol–water partition coefficient (Wildman–Crippen LogP) is 1.72. The van der Waals surface area contributed by atoms with E-state index in [0.717, 1.165) is 0 Å². The first-order valence-electron chi connectivity index (χ1n) is 7.24. The zero-order chi connectivity index (χ0) is 15.8. The fourth-order valence-corrected chi connectivity index (χ4v) is 2.99. The van der Waals surface area contributed by atoms with Crippen LogP contribution < -0.4 is 0 Å². The highest BCUT2D eigenvalue weighted by atomic mass is 28.3. The van der Waals surface area contributed by atoms with Gasteiger partial charge in [-0.1, -0.05) is 25.6 Å². The molecule has 2 aliphatic heterocycles. The predicted molar refractivity (Wildman–Crippen MR) is 80.2 cm³/mol. The highest BCUT2D eigenvalue weighted by Gasteiger charge is 2.55. The summed E-state index contributed by atoms with van der Waals surface area (Å²) in [6.07, 6.45) is -1.14. The van der Waals surface area contributed by atoms with Gasteiger partial charge in [-0.05, 0) is 13.8 Å². The van der Waals surface area contributed by atoms with Gasteiger partial charge in [-0.3, -0.25) is 4.79 Å². The van der Waals surface area contributed by atoms with E-state index >= 15 is 0 Å². The SMILES string of the molecule is CC(=O)OC[C@H]1O[C@@H](C#C[Si](C)(C)C)[C@@H]2OC(C)(C)O[C@@H]21. The number of fused-ring (bicyclic) bond motifs is 1. The van der Waals surface area contributed by atoms with Crippen molar-refractivity contribution >= 4 is 14.0 Å². The quantitative estimate of drug-likeness (QED) is 0.441. The molecule has 0 spiro atoms. The highest BCUT2D eigenvalue weighted by molar-refractivity contribution is 6.83. The first-order chi connectivity index (χ1) is 9.57. The molecule has 2 aliphatic rings. The summed E-state index contributed by atoms with van der Waals surface area (Å²) < 4.78 is 22.7. The molecule has 0 aromatic rings. The molecule has 0 aromatic carbocycles. The van der Waals surface area contributed by atoms with Crippen LogP contribution in [0.25, 0.3) is 0 Å². The van der Waals surface area contributed by atoms with Crippen molar-refractivity contribution in [2.24, 2.45) is 0 Å². The summed E-state index contributed by atoms with van der Waals surface area (Å²) in [7, 11) is -1.49. The molecule has 0 bridgehead atoms. The lowest BCUT2D eigenvalue weighted by Gasteiger charge is -2.22. The zero-order valence-electron chi connectivity index (χ0n) is 13.6. The van der Waals surface area contributed by atoms with Crippen LogP contribution in [0.2, 0.25) is 19.6 Å². The van der Waals surface area contributed by atoms with E-state index in [4.69, 9.17) is 18.9 Å². The fraction of sp³-hybridized carbons (Fsp3) is 0.800. The molecule has 0 amide bonds. The Morgan fingerprint density at radius 2 is 1.86 bits per heavy atom. The van der Waals surface area contributed by atoms with Crippen LogP contribution in [-0.4, -0.2) is 50.9 Å². The smallest absolute Gasteiger partial charge is 0.302 e. The third-order valence-corrected chi connectivity index (χ3v) is 4.08. The zero-order valence-corrected chi connectivity index (χ0v) is 14.6. The van der Waals surface area contributed by atoms with E-state index in [0.29, 0.717) is 0 Å². The number of carbonyl (C=O) groups excluding carboxylic acids is 1. The normalized spacial score (nSPS) is 34.0. The van der Waals surface area contributed by atoms with Crippen LogP contribution in [0.1, 0.15) is 20.8 Å². The van der Waals surface area contributed by atoms with Crippen molar-refractivity contribution in [3.63, 3.8) is 0 Å². The second-order valence-corrected chi connectivity index (χ2v) is 11.7.